The summed E-state index contributed by atoms with van der Waals surface area (Å²) in [6.45, 7) is 6.40. The van der Waals surface area contributed by atoms with E-state index in [0.29, 0.717) is 6.61 Å². The van der Waals surface area contributed by atoms with E-state index in [1.165, 1.54) is 11.1 Å². The van der Waals surface area contributed by atoms with Crippen molar-refractivity contribution in [1.82, 2.24) is 0 Å². The molecule has 0 N–H and O–H groups in total. The third-order valence-electron chi connectivity index (χ3n) is 1.90. The maximum atomic E-state index is 11.1. The number of rotatable bonds is 2. The third kappa shape index (κ3) is 1.82. The van der Waals surface area contributed by atoms with Gasteiger partial charge in [-0.05, 0) is 27.2 Å². The molecule has 11 heavy (non-hydrogen) atoms. The van der Waals surface area contributed by atoms with Crippen LogP contribution in [0.4, 0.5) is 0 Å². The Morgan fingerprint density at radius 1 is 1.64 bits per heavy atom. The van der Waals surface area contributed by atoms with Crippen molar-refractivity contribution in [2.75, 3.05) is 6.61 Å². The Morgan fingerprint density at radius 3 is 2.64 bits per heavy atom. The zero-order valence-electron chi connectivity index (χ0n) is 7.31. The highest BCUT2D eigenvalue weighted by Gasteiger charge is 2.38. The molecule has 0 aromatic carbocycles. The van der Waals surface area contributed by atoms with Gasteiger partial charge in [0.2, 0.25) is 0 Å². The average molecular weight is 154 g/mol. The Kier molecular flexibility index (Phi) is 2.32. The Hall–Kier alpha value is -0.790. The largest absolute Gasteiger partial charge is 0.466 e. The molecule has 1 unspecified atom stereocenters. The van der Waals surface area contributed by atoms with Crippen LogP contribution >= 0.6 is 0 Å². The van der Waals surface area contributed by atoms with Crippen molar-refractivity contribution in [3.63, 3.8) is 0 Å². The van der Waals surface area contributed by atoms with E-state index in [0.717, 1.165) is 6.42 Å². The summed E-state index contributed by atoms with van der Waals surface area (Å²) in [4.78, 5) is 11.1. The van der Waals surface area contributed by atoms with Crippen LogP contribution in [0.15, 0.2) is 11.1 Å². The van der Waals surface area contributed by atoms with E-state index >= 15 is 0 Å². The van der Waals surface area contributed by atoms with Crippen molar-refractivity contribution in [2.24, 2.45) is 5.92 Å². The van der Waals surface area contributed by atoms with Crippen LogP contribution < -0.4 is 0 Å². The summed E-state index contributed by atoms with van der Waals surface area (Å²) in [5.74, 6) is 0.0450. The molecule has 0 spiro atoms. The van der Waals surface area contributed by atoms with Gasteiger partial charge < -0.3 is 4.74 Å². The van der Waals surface area contributed by atoms with Crippen molar-refractivity contribution in [3.8, 4) is 0 Å². The molecule has 2 heteroatoms. The maximum absolute atomic E-state index is 11.1. The zero-order chi connectivity index (χ0) is 8.43. The first kappa shape index (κ1) is 8.31. The van der Waals surface area contributed by atoms with Gasteiger partial charge in [-0.2, -0.15) is 0 Å². The quantitative estimate of drug-likeness (QED) is 0.448. The van der Waals surface area contributed by atoms with Crippen LogP contribution in [0, 0.1) is 5.92 Å². The Balaban J connectivity index is 2.44. The van der Waals surface area contributed by atoms with E-state index in [9.17, 15) is 4.79 Å². The Morgan fingerprint density at radius 2 is 2.27 bits per heavy atom. The topological polar surface area (TPSA) is 26.3 Å². The molecule has 0 heterocycles. The van der Waals surface area contributed by atoms with Crippen LogP contribution in [0.2, 0.25) is 0 Å². The van der Waals surface area contributed by atoms with Crippen LogP contribution in [0.5, 0.6) is 0 Å². The fourth-order valence-corrected chi connectivity index (χ4v) is 1.18. The lowest BCUT2D eigenvalue weighted by Crippen LogP contribution is -2.05. The van der Waals surface area contributed by atoms with Crippen LogP contribution in [-0.4, -0.2) is 12.6 Å². The molecule has 1 aliphatic carbocycles. The predicted molar refractivity (Wildman–Crippen MR) is 43.1 cm³/mol. The molecule has 1 aliphatic rings. The number of hydrogen-bond acceptors (Lipinski definition) is 2. The molecule has 0 amide bonds. The van der Waals surface area contributed by atoms with Gasteiger partial charge in [-0.25, -0.2) is 0 Å². The van der Waals surface area contributed by atoms with Crippen LogP contribution in [0.25, 0.3) is 0 Å². The molecule has 0 radical (unpaired) electrons. The molecule has 62 valence electrons. The van der Waals surface area contributed by atoms with Crippen molar-refractivity contribution in [2.45, 2.75) is 27.2 Å². The number of ether oxygens (including phenoxy) is 1. The minimum atomic E-state index is -0.0521. The van der Waals surface area contributed by atoms with Crippen LogP contribution in [0.1, 0.15) is 27.2 Å². The first-order valence-electron chi connectivity index (χ1n) is 3.99. The smallest absolute Gasteiger partial charge is 0.313 e. The molecule has 0 bridgehead atoms. The summed E-state index contributed by atoms with van der Waals surface area (Å²) in [6, 6.07) is 0. The van der Waals surface area contributed by atoms with Gasteiger partial charge in [0.25, 0.3) is 0 Å². The van der Waals surface area contributed by atoms with Crippen molar-refractivity contribution in [1.29, 1.82) is 0 Å². The lowest BCUT2D eigenvalue weighted by Gasteiger charge is -1.96. The first-order chi connectivity index (χ1) is 5.16. The number of carbonyl (C=O) groups is 1. The fraction of sp³-hybridized carbons (Fsp3) is 0.667. The molecule has 0 aliphatic heterocycles. The highest BCUT2D eigenvalue weighted by Crippen LogP contribution is 2.40. The molecule has 0 aromatic heterocycles. The summed E-state index contributed by atoms with van der Waals surface area (Å²) in [5.41, 5.74) is 2.53. The fourth-order valence-electron chi connectivity index (χ4n) is 1.18. The SMILES string of the molecule is CCOC(=O)C1CC1=C(C)C. The highest BCUT2D eigenvalue weighted by atomic mass is 16.5. The van der Waals surface area contributed by atoms with E-state index in [2.05, 4.69) is 0 Å². The Labute approximate surface area is 67.2 Å². The van der Waals surface area contributed by atoms with Crippen molar-refractivity contribution < 1.29 is 9.53 Å². The van der Waals surface area contributed by atoms with Gasteiger partial charge in [0, 0.05) is 0 Å². The molecule has 1 rings (SSSR count). The van der Waals surface area contributed by atoms with Gasteiger partial charge in [-0.1, -0.05) is 11.1 Å². The molecule has 2 nitrogen and oxygen atoms in total. The third-order valence-corrected chi connectivity index (χ3v) is 1.90. The van der Waals surface area contributed by atoms with Gasteiger partial charge in [-0.15, -0.1) is 0 Å². The van der Waals surface area contributed by atoms with Gasteiger partial charge in [0.05, 0.1) is 12.5 Å². The summed E-state index contributed by atoms with van der Waals surface area (Å²) < 4.78 is 4.87. The number of allylic oxidation sites excluding steroid dienone is 1. The summed E-state index contributed by atoms with van der Waals surface area (Å²) in [7, 11) is 0. The van der Waals surface area contributed by atoms with Crippen LogP contribution in [0.3, 0.4) is 0 Å². The monoisotopic (exact) mass is 154 g/mol. The molecule has 0 saturated heterocycles. The predicted octanol–water partition coefficient (Wildman–Crippen LogP) is 1.91. The Bertz CT molecular complexity index is 200. The summed E-state index contributed by atoms with van der Waals surface area (Å²) in [6.07, 6.45) is 0.918. The number of esters is 1. The van der Waals surface area contributed by atoms with E-state index in [4.69, 9.17) is 4.74 Å². The second kappa shape index (κ2) is 3.07. The van der Waals surface area contributed by atoms with Gasteiger partial charge in [-0.3, -0.25) is 4.79 Å². The standard InChI is InChI=1S/C9H14O2/c1-4-11-9(10)8-5-7(8)6(2)3/h8H,4-5H2,1-3H3. The molecule has 0 aromatic rings. The van der Waals surface area contributed by atoms with E-state index in [-0.39, 0.29) is 11.9 Å². The molecule has 1 saturated carbocycles. The minimum Gasteiger partial charge on any atom is -0.466 e. The van der Waals surface area contributed by atoms with Gasteiger partial charge >= 0.3 is 5.97 Å². The second-order valence-electron chi connectivity index (χ2n) is 3.03. The van der Waals surface area contributed by atoms with Gasteiger partial charge in [0.1, 0.15) is 0 Å². The van der Waals surface area contributed by atoms with E-state index < -0.39 is 0 Å². The van der Waals surface area contributed by atoms with E-state index in [1.54, 1.807) is 0 Å². The average Bonchev–Trinajstić information content (AvgIpc) is 2.65. The molecular weight excluding hydrogens is 140 g/mol. The maximum Gasteiger partial charge on any atom is 0.313 e. The van der Waals surface area contributed by atoms with Gasteiger partial charge in [0.15, 0.2) is 0 Å². The number of hydrogen-bond donors (Lipinski definition) is 0. The van der Waals surface area contributed by atoms with Crippen molar-refractivity contribution >= 4 is 5.97 Å². The van der Waals surface area contributed by atoms with Crippen molar-refractivity contribution in [3.05, 3.63) is 11.1 Å². The zero-order valence-corrected chi connectivity index (χ0v) is 7.31. The molecule has 1 atom stereocenters. The second-order valence-corrected chi connectivity index (χ2v) is 3.03. The van der Waals surface area contributed by atoms with Crippen LogP contribution in [-0.2, 0) is 9.53 Å². The summed E-state index contributed by atoms with van der Waals surface area (Å²) >= 11 is 0. The first-order valence-corrected chi connectivity index (χ1v) is 3.99. The summed E-state index contributed by atoms with van der Waals surface area (Å²) in [5, 5.41) is 0. The molecule has 1 fully saturated rings. The van der Waals surface area contributed by atoms with E-state index in [1.807, 2.05) is 20.8 Å². The highest BCUT2D eigenvalue weighted by molar-refractivity contribution is 5.81. The molecular formula is C9H14O2. The lowest BCUT2D eigenvalue weighted by molar-refractivity contribution is -0.144. The lowest BCUT2D eigenvalue weighted by atomic mass is 10.3. The normalized spacial score (nSPS) is 21.4. The number of carbonyl (C=O) groups excluding carboxylic acids is 1. The minimum absolute atomic E-state index is 0.0521.